The second-order valence-electron chi connectivity index (χ2n) is 6.21. The molecule has 6 nitrogen and oxygen atoms in total. The largest absolute Gasteiger partial charge is 0.348 e. The molecule has 0 atom stereocenters. The van der Waals surface area contributed by atoms with Gasteiger partial charge in [0.05, 0.1) is 5.69 Å². The van der Waals surface area contributed by atoms with Gasteiger partial charge in [0.15, 0.2) is 5.69 Å². The zero-order valence-electron chi connectivity index (χ0n) is 14.0. The number of benzene rings is 1. The summed E-state index contributed by atoms with van der Waals surface area (Å²) >= 11 is 0. The first-order valence-corrected chi connectivity index (χ1v) is 8.52. The lowest BCUT2D eigenvalue weighted by Crippen LogP contribution is -2.26. The van der Waals surface area contributed by atoms with Gasteiger partial charge in [-0.1, -0.05) is 24.3 Å². The number of aryl methyl sites for hydroxylation is 1. The first kappa shape index (κ1) is 15.5. The van der Waals surface area contributed by atoms with Crippen molar-refractivity contribution in [2.24, 2.45) is 0 Å². The van der Waals surface area contributed by atoms with Crippen LogP contribution in [0, 0.1) is 0 Å². The highest BCUT2D eigenvalue weighted by Gasteiger charge is 2.28. The van der Waals surface area contributed by atoms with Crippen LogP contribution in [0.25, 0.3) is 16.9 Å². The van der Waals surface area contributed by atoms with Crippen molar-refractivity contribution in [2.45, 2.75) is 32.2 Å². The number of nitrogens with one attached hydrogen (secondary N) is 1. The molecule has 1 aliphatic rings. The summed E-state index contributed by atoms with van der Waals surface area (Å²) in [5.41, 5.74) is 3.93. The molecule has 2 heterocycles. The highest BCUT2D eigenvalue weighted by Crippen LogP contribution is 2.26. The lowest BCUT2D eigenvalue weighted by atomic mass is 10.1. The molecule has 1 amide bonds. The molecule has 25 heavy (non-hydrogen) atoms. The smallest absolute Gasteiger partial charge is 0.274 e. The molecule has 1 fully saturated rings. The van der Waals surface area contributed by atoms with Gasteiger partial charge in [-0.2, -0.15) is 0 Å². The maximum absolute atomic E-state index is 12.6. The number of nitrogens with zero attached hydrogens (tertiary/aromatic N) is 4. The van der Waals surface area contributed by atoms with Crippen LogP contribution in [0.4, 0.5) is 0 Å². The van der Waals surface area contributed by atoms with E-state index in [4.69, 9.17) is 0 Å². The summed E-state index contributed by atoms with van der Waals surface area (Å²) in [5.74, 6) is -0.183. The molecule has 1 aliphatic carbocycles. The van der Waals surface area contributed by atoms with Gasteiger partial charge in [-0.25, -0.2) is 4.68 Å². The van der Waals surface area contributed by atoms with E-state index in [-0.39, 0.29) is 11.9 Å². The summed E-state index contributed by atoms with van der Waals surface area (Å²) in [6, 6.07) is 12.1. The van der Waals surface area contributed by atoms with Crippen molar-refractivity contribution in [1.82, 2.24) is 25.3 Å². The van der Waals surface area contributed by atoms with Crippen LogP contribution in [0.3, 0.4) is 0 Å². The third-order valence-electron chi connectivity index (χ3n) is 4.32. The van der Waals surface area contributed by atoms with Crippen LogP contribution in [0.15, 0.2) is 48.8 Å². The van der Waals surface area contributed by atoms with Gasteiger partial charge >= 0.3 is 0 Å². The zero-order chi connectivity index (χ0) is 17.2. The van der Waals surface area contributed by atoms with Gasteiger partial charge in [-0.05, 0) is 49.1 Å². The van der Waals surface area contributed by atoms with Crippen LogP contribution in [-0.4, -0.2) is 31.9 Å². The number of amides is 1. The molecule has 1 aromatic carbocycles. The Labute approximate surface area is 145 Å². The topological polar surface area (TPSA) is 72.7 Å². The van der Waals surface area contributed by atoms with Crippen LogP contribution in [0.2, 0.25) is 0 Å². The Morgan fingerprint density at radius 2 is 2.04 bits per heavy atom. The molecule has 2 aromatic heterocycles. The average molecular weight is 333 g/mol. The average Bonchev–Trinajstić information content (AvgIpc) is 3.36. The van der Waals surface area contributed by atoms with Gasteiger partial charge in [0.25, 0.3) is 5.91 Å². The fourth-order valence-corrected chi connectivity index (χ4v) is 2.73. The van der Waals surface area contributed by atoms with Gasteiger partial charge in [-0.15, -0.1) is 5.10 Å². The van der Waals surface area contributed by atoms with E-state index in [0.717, 1.165) is 30.5 Å². The Hall–Kier alpha value is -3.02. The first-order valence-electron chi connectivity index (χ1n) is 8.52. The van der Waals surface area contributed by atoms with Crippen molar-refractivity contribution in [3.8, 4) is 16.9 Å². The Bertz CT molecular complexity index is 882. The highest BCUT2D eigenvalue weighted by molar-refractivity contribution is 5.98. The van der Waals surface area contributed by atoms with E-state index < -0.39 is 0 Å². The van der Waals surface area contributed by atoms with Gasteiger partial charge in [0.2, 0.25) is 0 Å². The Morgan fingerprint density at radius 1 is 1.24 bits per heavy atom. The molecule has 1 saturated carbocycles. The lowest BCUT2D eigenvalue weighted by molar-refractivity contribution is 0.0946. The zero-order valence-corrected chi connectivity index (χ0v) is 14.0. The number of carbonyl (C=O) groups is 1. The summed E-state index contributed by atoms with van der Waals surface area (Å²) in [7, 11) is 0. The third kappa shape index (κ3) is 3.15. The van der Waals surface area contributed by atoms with Crippen molar-refractivity contribution in [1.29, 1.82) is 0 Å². The third-order valence-corrected chi connectivity index (χ3v) is 4.32. The van der Waals surface area contributed by atoms with Gasteiger partial charge in [0.1, 0.15) is 5.69 Å². The number of aromatic nitrogens is 4. The maximum atomic E-state index is 12.6. The van der Waals surface area contributed by atoms with Crippen LogP contribution in [0.5, 0.6) is 0 Å². The molecular formula is C19H19N5O. The van der Waals surface area contributed by atoms with Crippen molar-refractivity contribution >= 4 is 5.91 Å². The van der Waals surface area contributed by atoms with Gasteiger partial charge in [0, 0.05) is 24.0 Å². The molecule has 0 saturated heterocycles. The quantitative estimate of drug-likeness (QED) is 0.779. The molecular weight excluding hydrogens is 314 g/mol. The second kappa shape index (κ2) is 6.47. The van der Waals surface area contributed by atoms with Crippen LogP contribution < -0.4 is 5.32 Å². The van der Waals surface area contributed by atoms with E-state index in [2.05, 4.69) is 39.7 Å². The lowest BCUT2D eigenvalue weighted by Gasteiger charge is -2.09. The standard InChI is InChI=1S/C19H19N5O/c1-2-13-5-9-16(10-6-13)24-18(14-4-3-11-20-12-14)17(22-23-24)19(25)21-15-7-8-15/h3-6,9-12,15H,2,7-8H2,1H3,(H,21,25). The van der Waals surface area contributed by atoms with Crippen molar-refractivity contribution < 1.29 is 4.79 Å². The van der Waals surface area contributed by atoms with Crippen molar-refractivity contribution in [2.75, 3.05) is 0 Å². The molecule has 3 aromatic rings. The first-order chi connectivity index (χ1) is 12.3. The van der Waals surface area contributed by atoms with E-state index in [1.54, 1.807) is 17.1 Å². The van der Waals surface area contributed by atoms with E-state index in [9.17, 15) is 4.79 Å². The van der Waals surface area contributed by atoms with Gasteiger partial charge < -0.3 is 5.32 Å². The fraction of sp³-hybridized carbons (Fsp3) is 0.263. The minimum Gasteiger partial charge on any atom is -0.348 e. The molecule has 4 rings (SSSR count). The SMILES string of the molecule is CCc1ccc(-n2nnc(C(=O)NC3CC3)c2-c2cccnc2)cc1. The molecule has 6 heteroatoms. The number of hydrogen-bond acceptors (Lipinski definition) is 4. The molecule has 1 N–H and O–H groups in total. The van der Waals surface area contributed by atoms with Crippen molar-refractivity contribution in [3.63, 3.8) is 0 Å². The second-order valence-corrected chi connectivity index (χ2v) is 6.21. The van der Waals surface area contributed by atoms with Crippen LogP contribution >= 0.6 is 0 Å². The van der Waals surface area contributed by atoms with E-state index >= 15 is 0 Å². The Balaban J connectivity index is 1.80. The fourth-order valence-electron chi connectivity index (χ4n) is 2.73. The Morgan fingerprint density at radius 3 is 2.68 bits per heavy atom. The Kier molecular flexibility index (Phi) is 4.01. The summed E-state index contributed by atoms with van der Waals surface area (Å²) in [4.78, 5) is 16.8. The molecule has 126 valence electrons. The number of pyridine rings is 1. The normalized spacial score (nSPS) is 13.6. The van der Waals surface area contributed by atoms with E-state index in [1.165, 1.54) is 5.56 Å². The molecule has 0 unspecified atom stereocenters. The minimum absolute atomic E-state index is 0.183. The van der Waals surface area contributed by atoms with Crippen LogP contribution in [-0.2, 0) is 6.42 Å². The van der Waals surface area contributed by atoms with Crippen molar-refractivity contribution in [3.05, 3.63) is 60.0 Å². The number of hydrogen-bond donors (Lipinski definition) is 1. The van der Waals surface area contributed by atoms with Gasteiger partial charge in [-0.3, -0.25) is 9.78 Å². The predicted octanol–water partition coefficient (Wildman–Crippen LogP) is 2.78. The highest BCUT2D eigenvalue weighted by atomic mass is 16.2. The van der Waals surface area contributed by atoms with E-state index in [1.807, 2.05) is 24.3 Å². The molecule has 0 aliphatic heterocycles. The maximum Gasteiger partial charge on any atom is 0.274 e. The molecule has 0 spiro atoms. The minimum atomic E-state index is -0.183. The monoisotopic (exact) mass is 333 g/mol. The summed E-state index contributed by atoms with van der Waals surface area (Å²) < 4.78 is 1.71. The molecule has 0 radical (unpaired) electrons. The van der Waals surface area contributed by atoms with E-state index in [0.29, 0.717) is 11.4 Å². The summed E-state index contributed by atoms with van der Waals surface area (Å²) in [6.07, 6.45) is 6.46. The van der Waals surface area contributed by atoms with Crippen LogP contribution in [0.1, 0.15) is 35.8 Å². The molecule has 0 bridgehead atoms. The summed E-state index contributed by atoms with van der Waals surface area (Å²) in [6.45, 7) is 2.12. The predicted molar refractivity (Wildman–Crippen MR) is 94.5 cm³/mol. The summed E-state index contributed by atoms with van der Waals surface area (Å²) in [5, 5.41) is 11.4. The number of rotatable bonds is 5. The number of carbonyl (C=O) groups excluding carboxylic acids is 1.